The molecule has 1 amide bonds. The van der Waals surface area contributed by atoms with Gasteiger partial charge in [0.15, 0.2) is 0 Å². The number of ether oxygens (including phenoxy) is 1. The summed E-state index contributed by atoms with van der Waals surface area (Å²) >= 11 is 12.9. The van der Waals surface area contributed by atoms with E-state index < -0.39 is 11.7 Å². The molecular formula is C26H24Cl2FN3O3. The number of fused-ring (bicyclic) bond motifs is 2. The average molecular weight is 516 g/mol. The maximum Gasteiger partial charge on any atom is 0.251 e. The molecule has 2 saturated carbocycles. The van der Waals surface area contributed by atoms with Crippen LogP contribution in [0.1, 0.15) is 53.3 Å². The zero-order chi connectivity index (χ0) is 24.3. The van der Waals surface area contributed by atoms with E-state index in [0.717, 1.165) is 49.2 Å². The van der Waals surface area contributed by atoms with Crippen LogP contribution >= 0.6 is 23.2 Å². The summed E-state index contributed by atoms with van der Waals surface area (Å²) in [5.41, 5.74) is 8.16. The number of nitrogens with zero attached hydrogens (tertiary/aromatic N) is 2. The number of anilines is 1. The number of carbonyl (C=O) groups is 1. The van der Waals surface area contributed by atoms with E-state index in [-0.39, 0.29) is 17.7 Å². The van der Waals surface area contributed by atoms with Crippen LogP contribution in [0.3, 0.4) is 0 Å². The summed E-state index contributed by atoms with van der Waals surface area (Å²) in [4.78, 5) is 13.5. The van der Waals surface area contributed by atoms with Gasteiger partial charge >= 0.3 is 0 Å². The lowest BCUT2D eigenvalue weighted by atomic mass is 10.0. The Morgan fingerprint density at radius 2 is 1.97 bits per heavy atom. The molecule has 0 unspecified atom stereocenters. The molecule has 0 spiro atoms. The highest BCUT2D eigenvalue weighted by Gasteiger charge is 2.46. The first-order chi connectivity index (χ1) is 16.9. The number of carbonyl (C=O) groups excluding carboxylic acids is 1. The van der Waals surface area contributed by atoms with Gasteiger partial charge < -0.3 is 19.9 Å². The summed E-state index contributed by atoms with van der Waals surface area (Å²) in [6, 6.07) is 10.3. The van der Waals surface area contributed by atoms with Crippen molar-refractivity contribution in [1.82, 2.24) is 5.16 Å². The second-order valence-corrected chi connectivity index (χ2v) is 10.5. The van der Waals surface area contributed by atoms with Crippen molar-refractivity contribution in [3.8, 4) is 11.3 Å². The molecule has 3 fully saturated rings. The molecule has 1 aromatic heterocycles. The number of aromatic nitrogens is 1. The first-order valence-electron chi connectivity index (χ1n) is 11.8. The minimum Gasteiger partial charge on any atom is -0.373 e. The van der Waals surface area contributed by atoms with Crippen LogP contribution in [0, 0.1) is 11.7 Å². The van der Waals surface area contributed by atoms with Crippen LogP contribution in [0.25, 0.3) is 11.3 Å². The molecule has 6 nitrogen and oxygen atoms in total. The van der Waals surface area contributed by atoms with Crippen molar-refractivity contribution in [1.29, 1.82) is 0 Å². The van der Waals surface area contributed by atoms with Crippen molar-refractivity contribution in [2.75, 3.05) is 11.4 Å². The average Bonchev–Trinajstić information content (AvgIpc) is 3.28. The monoisotopic (exact) mass is 515 g/mol. The van der Waals surface area contributed by atoms with Crippen LogP contribution in [-0.4, -0.2) is 29.8 Å². The quantitative estimate of drug-likeness (QED) is 0.420. The standard InChI is InChI=1S/C26H24Cl2FN3O3/c27-19-2-1-3-20(28)23(19)24-18(25(35-31-24)13-4-5-13)12-34-22-10-16-8-14(22)11-32(16)15-6-7-17(26(30)33)21(29)9-15/h1-3,6-7,9,13-14,16,22H,4-5,8,10-12H2,(H2,30,33)/t14-,16-,22+/m0/s1. The lowest BCUT2D eigenvalue weighted by Crippen LogP contribution is -2.38. The van der Waals surface area contributed by atoms with Crippen LogP contribution in [0.2, 0.25) is 10.0 Å². The molecule has 2 bridgehead atoms. The molecule has 3 aromatic rings. The Bertz CT molecular complexity index is 1290. The van der Waals surface area contributed by atoms with Gasteiger partial charge in [-0.05, 0) is 56.0 Å². The van der Waals surface area contributed by atoms with Gasteiger partial charge in [0.25, 0.3) is 5.91 Å². The second kappa shape index (κ2) is 8.80. The van der Waals surface area contributed by atoms with Crippen molar-refractivity contribution in [2.24, 2.45) is 11.7 Å². The third-order valence-electron chi connectivity index (χ3n) is 7.43. The van der Waals surface area contributed by atoms with Gasteiger partial charge in [0.05, 0.1) is 28.3 Å². The predicted molar refractivity (Wildman–Crippen MR) is 131 cm³/mol. The minimum atomic E-state index is -0.762. The Kier molecular flexibility index (Phi) is 5.74. The first kappa shape index (κ1) is 22.8. The van der Waals surface area contributed by atoms with Crippen molar-refractivity contribution in [2.45, 2.75) is 50.4 Å². The van der Waals surface area contributed by atoms with Crippen LogP contribution in [-0.2, 0) is 11.3 Å². The summed E-state index contributed by atoms with van der Waals surface area (Å²) < 4.78 is 26.5. The van der Waals surface area contributed by atoms with Gasteiger partial charge in [0.2, 0.25) is 0 Å². The molecule has 3 atom stereocenters. The van der Waals surface area contributed by atoms with E-state index in [4.69, 9.17) is 38.2 Å². The van der Waals surface area contributed by atoms with Crippen LogP contribution < -0.4 is 10.6 Å². The summed E-state index contributed by atoms with van der Waals surface area (Å²) in [6.45, 7) is 1.15. The normalized spacial score (nSPS) is 23.3. The number of halogens is 3. The van der Waals surface area contributed by atoms with Gasteiger partial charge in [0.1, 0.15) is 17.3 Å². The number of benzene rings is 2. The summed E-state index contributed by atoms with van der Waals surface area (Å²) in [5.74, 6) is 0.213. The Balaban J connectivity index is 1.18. The highest BCUT2D eigenvalue weighted by atomic mass is 35.5. The van der Waals surface area contributed by atoms with Crippen molar-refractivity contribution in [3.05, 3.63) is 69.1 Å². The van der Waals surface area contributed by atoms with E-state index in [0.29, 0.717) is 39.7 Å². The Morgan fingerprint density at radius 3 is 2.60 bits per heavy atom. The summed E-state index contributed by atoms with van der Waals surface area (Å²) in [7, 11) is 0. The fourth-order valence-electron chi connectivity index (χ4n) is 5.55. The van der Waals surface area contributed by atoms with Gasteiger partial charge in [-0.1, -0.05) is 34.4 Å². The van der Waals surface area contributed by atoms with Gasteiger partial charge in [-0.25, -0.2) is 4.39 Å². The summed E-state index contributed by atoms with van der Waals surface area (Å²) in [5, 5.41) is 5.40. The number of amides is 1. The molecular weight excluding hydrogens is 492 g/mol. The largest absolute Gasteiger partial charge is 0.373 e. The zero-order valence-corrected chi connectivity index (χ0v) is 20.4. The van der Waals surface area contributed by atoms with Crippen LogP contribution in [0.15, 0.2) is 40.9 Å². The predicted octanol–water partition coefficient (Wildman–Crippen LogP) is 5.95. The van der Waals surface area contributed by atoms with Gasteiger partial charge in [-0.15, -0.1) is 0 Å². The molecule has 2 aliphatic carbocycles. The van der Waals surface area contributed by atoms with E-state index in [1.165, 1.54) is 12.1 Å². The molecule has 2 heterocycles. The highest BCUT2D eigenvalue weighted by Crippen LogP contribution is 2.47. The number of piperidine rings is 1. The SMILES string of the molecule is NC(=O)c1ccc(N2C[C@@H]3C[C@H]2C[C@H]3OCc2c(-c3c(Cl)cccc3Cl)noc2C2CC2)cc1F. The van der Waals surface area contributed by atoms with E-state index in [2.05, 4.69) is 10.1 Å². The molecule has 2 N–H and O–H groups in total. The lowest BCUT2D eigenvalue weighted by molar-refractivity contribution is 0.0122. The maximum absolute atomic E-state index is 14.3. The van der Waals surface area contributed by atoms with Crippen molar-refractivity contribution < 1.29 is 18.4 Å². The molecule has 1 saturated heterocycles. The fourth-order valence-corrected chi connectivity index (χ4v) is 6.12. The maximum atomic E-state index is 14.3. The number of nitrogens with two attached hydrogens (primary N) is 1. The lowest BCUT2D eigenvalue weighted by Gasteiger charge is -2.33. The number of primary amides is 1. The number of rotatable bonds is 7. The zero-order valence-electron chi connectivity index (χ0n) is 18.8. The molecule has 3 aliphatic rings. The fraction of sp³-hybridized carbons (Fsp3) is 0.385. The minimum absolute atomic E-state index is 0.0857. The topological polar surface area (TPSA) is 81.6 Å². The Hall–Kier alpha value is -2.61. The smallest absolute Gasteiger partial charge is 0.251 e. The van der Waals surface area contributed by atoms with Crippen LogP contribution in [0.5, 0.6) is 0 Å². The molecule has 182 valence electrons. The van der Waals surface area contributed by atoms with Gasteiger partial charge in [-0.2, -0.15) is 0 Å². The van der Waals surface area contributed by atoms with E-state index in [9.17, 15) is 9.18 Å². The van der Waals surface area contributed by atoms with Crippen molar-refractivity contribution >= 4 is 34.8 Å². The van der Waals surface area contributed by atoms with Crippen LogP contribution in [0.4, 0.5) is 10.1 Å². The third kappa shape index (κ3) is 4.09. The molecule has 0 radical (unpaired) electrons. The van der Waals surface area contributed by atoms with E-state index >= 15 is 0 Å². The number of hydrogen-bond acceptors (Lipinski definition) is 5. The first-order valence-corrected chi connectivity index (χ1v) is 12.6. The van der Waals surface area contributed by atoms with Gasteiger partial charge in [-0.3, -0.25) is 4.79 Å². The molecule has 35 heavy (non-hydrogen) atoms. The third-order valence-corrected chi connectivity index (χ3v) is 8.06. The van der Waals surface area contributed by atoms with E-state index in [1.54, 1.807) is 24.3 Å². The molecule has 1 aliphatic heterocycles. The second-order valence-electron chi connectivity index (χ2n) is 9.66. The Morgan fingerprint density at radius 1 is 1.20 bits per heavy atom. The highest BCUT2D eigenvalue weighted by molar-refractivity contribution is 6.39. The van der Waals surface area contributed by atoms with E-state index in [1.807, 2.05) is 0 Å². The molecule has 2 aromatic carbocycles. The number of hydrogen-bond donors (Lipinski definition) is 1. The Labute approximate surface area is 212 Å². The van der Waals surface area contributed by atoms with Gasteiger partial charge in [0, 0.05) is 41.2 Å². The van der Waals surface area contributed by atoms with Crippen molar-refractivity contribution in [3.63, 3.8) is 0 Å². The molecule has 9 heteroatoms. The molecule has 6 rings (SSSR count). The summed E-state index contributed by atoms with van der Waals surface area (Å²) in [6.07, 6.45) is 4.06.